The van der Waals surface area contributed by atoms with Crippen LogP contribution in [0.2, 0.25) is 0 Å². The molecule has 2 heterocycles. The van der Waals surface area contributed by atoms with Crippen LogP contribution in [0.15, 0.2) is 46.9 Å². The van der Waals surface area contributed by atoms with Crippen molar-refractivity contribution < 1.29 is 22.4 Å². The van der Waals surface area contributed by atoms with Gasteiger partial charge in [0.2, 0.25) is 10.0 Å². The Morgan fingerprint density at radius 2 is 1.92 bits per heavy atom. The van der Waals surface area contributed by atoms with Gasteiger partial charge in [0.05, 0.1) is 5.75 Å². The summed E-state index contributed by atoms with van der Waals surface area (Å²) in [6.07, 6.45) is 0.544. The third-order valence-corrected chi connectivity index (χ3v) is 5.99. The van der Waals surface area contributed by atoms with Crippen molar-refractivity contribution in [3.63, 3.8) is 0 Å². The zero-order valence-corrected chi connectivity index (χ0v) is 13.6. The number of carbonyl (C=O) groups excluding carboxylic acids is 1. The standard InChI is InChI=1S/C17H15NO5S/c19-17(11-18-8-3-9-24(18,20)21)22-12-6-7-16-14(10-12)13-4-1-2-5-15(13)23-16/h1-2,4-7,10H,3,8-9,11H2. The zero-order valence-electron chi connectivity index (χ0n) is 12.8. The molecule has 4 rings (SSSR count). The summed E-state index contributed by atoms with van der Waals surface area (Å²) in [7, 11) is -3.31. The van der Waals surface area contributed by atoms with E-state index in [1.807, 2.05) is 24.3 Å². The number of para-hydroxylation sites is 1. The number of fused-ring (bicyclic) bond motifs is 3. The third kappa shape index (κ3) is 2.65. The van der Waals surface area contributed by atoms with Gasteiger partial charge >= 0.3 is 5.97 Å². The summed E-state index contributed by atoms with van der Waals surface area (Å²) in [6, 6.07) is 12.7. The van der Waals surface area contributed by atoms with Crippen LogP contribution in [0.3, 0.4) is 0 Å². The highest BCUT2D eigenvalue weighted by Gasteiger charge is 2.30. The summed E-state index contributed by atoms with van der Waals surface area (Å²) >= 11 is 0. The van der Waals surface area contributed by atoms with Crippen LogP contribution in [0.4, 0.5) is 0 Å². The van der Waals surface area contributed by atoms with Crippen molar-refractivity contribution in [1.82, 2.24) is 4.31 Å². The Labute approximate surface area is 138 Å². The van der Waals surface area contributed by atoms with Gasteiger partial charge in [-0.3, -0.25) is 4.79 Å². The molecule has 0 saturated carbocycles. The van der Waals surface area contributed by atoms with Crippen molar-refractivity contribution in [1.29, 1.82) is 0 Å². The normalized spacial score (nSPS) is 17.5. The maximum Gasteiger partial charge on any atom is 0.326 e. The maximum atomic E-state index is 12.0. The number of hydrogen-bond acceptors (Lipinski definition) is 5. The fraction of sp³-hybridized carbons (Fsp3) is 0.235. The van der Waals surface area contributed by atoms with E-state index in [9.17, 15) is 13.2 Å². The lowest BCUT2D eigenvalue weighted by atomic mass is 10.1. The van der Waals surface area contributed by atoms with E-state index in [4.69, 9.17) is 9.15 Å². The SMILES string of the molecule is O=C(CN1CCCS1(=O)=O)Oc1ccc2oc3ccccc3c2c1. The number of sulfonamides is 1. The Morgan fingerprint density at radius 1 is 1.12 bits per heavy atom. The molecule has 0 unspecified atom stereocenters. The molecule has 0 aliphatic carbocycles. The first kappa shape index (κ1) is 15.2. The molecule has 0 amide bonds. The molecule has 0 N–H and O–H groups in total. The Hall–Kier alpha value is -2.38. The van der Waals surface area contributed by atoms with Crippen LogP contribution < -0.4 is 4.74 Å². The molecular weight excluding hydrogens is 330 g/mol. The van der Waals surface area contributed by atoms with Gasteiger partial charge in [0.1, 0.15) is 23.5 Å². The lowest BCUT2D eigenvalue weighted by molar-refractivity contribution is -0.134. The number of nitrogens with zero attached hydrogens (tertiary/aromatic N) is 1. The van der Waals surface area contributed by atoms with Crippen LogP contribution in [-0.4, -0.2) is 37.5 Å². The van der Waals surface area contributed by atoms with Gasteiger partial charge in [-0.05, 0) is 30.7 Å². The predicted octanol–water partition coefficient (Wildman–Crippen LogP) is 2.53. The minimum absolute atomic E-state index is 0.0905. The summed E-state index contributed by atoms with van der Waals surface area (Å²) < 4.78 is 35.7. The third-order valence-electron chi connectivity index (χ3n) is 4.09. The molecule has 0 spiro atoms. The van der Waals surface area contributed by atoms with Crippen LogP contribution >= 0.6 is 0 Å². The molecule has 0 atom stereocenters. The largest absolute Gasteiger partial charge is 0.456 e. The van der Waals surface area contributed by atoms with Crippen molar-refractivity contribution in [3.8, 4) is 5.75 Å². The zero-order chi connectivity index (χ0) is 16.7. The minimum atomic E-state index is -3.31. The lowest BCUT2D eigenvalue weighted by Crippen LogP contribution is -2.33. The number of ether oxygens (including phenoxy) is 1. The fourth-order valence-electron chi connectivity index (χ4n) is 2.95. The number of benzene rings is 2. The van der Waals surface area contributed by atoms with Gasteiger partial charge in [-0.15, -0.1) is 0 Å². The molecule has 1 aliphatic heterocycles. The van der Waals surface area contributed by atoms with Crippen LogP contribution in [0.25, 0.3) is 21.9 Å². The highest BCUT2D eigenvalue weighted by atomic mass is 32.2. The molecule has 2 aromatic carbocycles. The Bertz CT molecular complexity index is 1040. The van der Waals surface area contributed by atoms with Gasteiger partial charge in [0, 0.05) is 17.3 Å². The summed E-state index contributed by atoms with van der Waals surface area (Å²) in [5.41, 5.74) is 1.47. The van der Waals surface area contributed by atoms with E-state index in [0.29, 0.717) is 24.3 Å². The van der Waals surface area contributed by atoms with Gasteiger partial charge < -0.3 is 9.15 Å². The molecule has 6 nitrogen and oxygen atoms in total. The van der Waals surface area contributed by atoms with E-state index in [0.717, 1.165) is 16.4 Å². The molecule has 1 aliphatic rings. The average molecular weight is 345 g/mol. The highest BCUT2D eigenvalue weighted by molar-refractivity contribution is 7.89. The smallest absolute Gasteiger partial charge is 0.326 e. The molecule has 24 heavy (non-hydrogen) atoms. The number of carbonyl (C=O) groups is 1. The Balaban J connectivity index is 1.58. The Morgan fingerprint density at radius 3 is 2.71 bits per heavy atom. The molecular formula is C17H15NO5S. The van der Waals surface area contributed by atoms with E-state index in [1.165, 1.54) is 4.31 Å². The maximum absolute atomic E-state index is 12.0. The summed E-state index contributed by atoms with van der Waals surface area (Å²) in [6.45, 7) is 0.106. The minimum Gasteiger partial charge on any atom is -0.456 e. The second-order valence-corrected chi connectivity index (χ2v) is 7.82. The summed E-state index contributed by atoms with van der Waals surface area (Å²) in [4.78, 5) is 12.0. The summed E-state index contributed by atoms with van der Waals surface area (Å²) in [5.74, 6) is -0.129. The Kier molecular flexibility index (Phi) is 3.54. The van der Waals surface area contributed by atoms with Gasteiger partial charge in [0.25, 0.3) is 0 Å². The summed E-state index contributed by atoms with van der Waals surface area (Å²) in [5, 5.41) is 1.79. The van der Waals surface area contributed by atoms with Crippen LogP contribution in [0, 0.1) is 0 Å². The molecule has 1 aromatic heterocycles. The van der Waals surface area contributed by atoms with Gasteiger partial charge in [-0.1, -0.05) is 18.2 Å². The lowest BCUT2D eigenvalue weighted by Gasteiger charge is -2.13. The van der Waals surface area contributed by atoms with Crippen molar-refractivity contribution in [3.05, 3.63) is 42.5 Å². The fourth-order valence-corrected chi connectivity index (χ4v) is 4.41. The molecule has 0 radical (unpaired) electrons. The van der Waals surface area contributed by atoms with Gasteiger partial charge in [-0.25, -0.2) is 8.42 Å². The first-order valence-corrected chi connectivity index (χ1v) is 9.24. The number of rotatable bonds is 3. The van der Waals surface area contributed by atoms with Gasteiger partial charge in [0.15, 0.2) is 0 Å². The molecule has 0 bridgehead atoms. The number of esters is 1. The first-order chi connectivity index (χ1) is 11.5. The second kappa shape index (κ2) is 5.61. The highest BCUT2D eigenvalue weighted by Crippen LogP contribution is 2.31. The molecule has 7 heteroatoms. The van der Waals surface area contributed by atoms with E-state index < -0.39 is 16.0 Å². The van der Waals surface area contributed by atoms with E-state index in [2.05, 4.69) is 0 Å². The van der Waals surface area contributed by atoms with E-state index >= 15 is 0 Å². The molecule has 3 aromatic rings. The van der Waals surface area contributed by atoms with Crippen molar-refractivity contribution >= 4 is 37.9 Å². The van der Waals surface area contributed by atoms with E-state index in [1.54, 1.807) is 18.2 Å². The number of furan rings is 1. The van der Waals surface area contributed by atoms with Crippen molar-refractivity contribution in [2.45, 2.75) is 6.42 Å². The predicted molar refractivity (Wildman–Crippen MR) is 89.3 cm³/mol. The quantitative estimate of drug-likeness (QED) is 0.538. The number of hydrogen-bond donors (Lipinski definition) is 0. The molecule has 1 saturated heterocycles. The van der Waals surface area contributed by atoms with Crippen LogP contribution in [0.1, 0.15) is 6.42 Å². The van der Waals surface area contributed by atoms with Gasteiger partial charge in [-0.2, -0.15) is 4.31 Å². The monoisotopic (exact) mass is 345 g/mol. The molecule has 124 valence electrons. The van der Waals surface area contributed by atoms with Crippen LogP contribution in [-0.2, 0) is 14.8 Å². The molecule has 1 fully saturated rings. The van der Waals surface area contributed by atoms with Crippen molar-refractivity contribution in [2.75, 3.05) is 18.8 Å². The van der Waals surface area contributed by atoms with Crippen molar-refractivity contribution in [2.24, 2.45) is 0 Å². The second-order valence-electron chi connectivity index (χ2n) is 5.73. The topological polar surface area (TPSA) is 76.8 Å². The van der Waals surface area contributed by atoms with E-state index in [-0.39, 0.29) is 12.3 Å². The first-order valence-electron chi connectivity index (χ1n) is 7.63. The van der Waals surface area contributed by atoms with Crippen LogP contribution in [0.5, 0.6) is 5.75 Å². The average Bonchev–Trinajstić information content (AvgIpc) is 3.07.